The van der Waals surface area contributed by atoms with Gasteiger partial charge in [0.1, 0.15) is 0 Å². The lowest BCUT2D eigenvalue weighted by Gasteiger charge is -2.09. The number of amides is 1. The molecule has 0 aromatic heterocycles. The van der Waals surface area contributed by atoms with Gasteiger partial charge in [-0.3, -0.25) is 9.59 Å². The van der Waals surface area contributed by atoms with E-state index in [-0.39, 0.29) is 17.6 Å². The first-order valence-corrected chi connectivity index (χ1v) is 6.82. The highest BCUT2D eigenvalue weighted by Gasteiger charge is 2.22. The Morgan fingerprint density at radius 3 is 2.53 bits per heavy atom. The highest BCUT2D eigenvalue weighted by molar-refractivity contribution is 7.99. The van der Waals surface area contributed by atoms with Gasteiger partial charge in [0, 0.05) is 22.9 Å². The van der Waals surface area contributed by atoms with Crippen molar-refractivity contribution in [3.63, 3.8) is 0 Å². The van der Waals surface area contributed by atoms with Gasteiger partial charge < -0.3 is 5.32 Å². The minimum atomic E-state index is 0.0371. The number of benzene rings is 1. The number of anilines is 1. The fraction of sp³-hybridized carbons (Fsp3) is 0.385. The summed E-state index contributed by atoms with van der Waals surface area (Å²) in [6.45, 7) is 1.53. The average molecular weight is 249 g/mol. The van der Waals surface area contributed by atoms with E-state index in [1.165, 1.54) is 6.92 Å². The Kier molecular flexibility index (Phi) is 3.84. The molecule has 1 N–H and O–H groups in total. The molecule has 2 rings (SSSR count). The summed E-state index contributed by atoms with van der Waals surface area (Å²) in [7, 11) is 0. The van der Waals surface area contributed by atoms with Crippen molar-refractivity contribution in [1.29, 1.82) is 0 Å². The van der Waals surface area contributed by atoms with Gasteiger partial charge in [0.15, 0.2) is 5.78 Å². The zero-order valence-corrected chi connectivity index (χ0v) is 10.5. The van der Waals surface area contributed by atoms with Crippen LogP contribution in [-0.2, 0) is 4.79 Å². The topological polar surface area (TPSA) is 46.2 Å². The lowest BCUT2D eigenvalue weighted by molar-refractivity contribution is -0.119. The van der Waals surface area contributed by atoms with Crippen LogP contribution in [0, 0.1) is 5.92 Å². The van der Waals surface area contributed by atoms with Crippen LogP contribution in [0.15, 0.2) is 24.3 Å². The first kappa shape index (κ1) is 12.2. The molecule has 1 aromatic rings. The van der Waals surface area contributed by atoms with Gasteiger partial charge in [-0.2, -0.15) is 11.8 Å². The van der Waals surface area contributed by atoms with Gasteiger partial charge in [0.2, 0.25) is 5.91 Å². The van der Waals surface area contributed by atoms with Gasteiger partial charge in [-0.15, -0.1) is 0 Å². The fourth-order valence-electron chi connectivity index (χ4n) is 1.77. The Morgan fingerprint density at radius 2 is 2.00 bits per heavy atom. The lowest BCUT2D eigenvalue weighted by atomic mass is 10.1. The number of ketones is 1. The van der Waals surface area contributed by atoms with Crippen molar-refractivity contribution < 1.29 is 9.59 Å². The van der Waals surface area contributed by atoms with Gasteiger partial charge in [0.25, 0.3) is 0 Å². The molecule has 3 nitrogen and oxygen atoms in total. The molecule has 1 saturated heterocycles. The van der Waals surface area contributed by atoms with Crippen molar-refractivity contribution in [3.05, 3.63) is 29.8 Å². The molecular weight excluding hydrogens is 234 g/mol. The fourth-order valence-corrected chi connectivity index (χ4v) is 2.99. The Labute approximate surface area is 105 Å². The molecule has 1 amide bonds. The van der Waals surface area contributed by atoms with E-state index in [4.69, 9.17) is 0 Å². The van der Waals surface area contributed by atoms with Crippen LogP contribution < -0.4 is 5.32 Å². The van der Waals surface area contributed by atoms with Crippen LogP contribution >= 0.6 is 11.8 Å². The molecule has 90 valence electrons. The number of rotatable bonds is 3. The van der Waals surface area contributed by atoms with E-state index in [0.717, 1.165) is 23.6 Å². The molecule has 1 aromatic carbocycles. The predicted molar refractivity (Wildman–Crippen MR) is 70.5 cm³/mol. The summed E-state index contributed by atoms with van der Waals surface area (Å²) in [4.78, 5) is 22.9. The van der Waals surface area contributed by atoms with Crippen LogP contribution in [0.4, 0.5) is 5.69 Å². The molecule has 1 heterocycles. The molecule has 1 aliphatic heterocycles. The molecule has 1 unspecified atom stereocenters. The summed E-state index contributed by atoms with van der Waals surface area (Å²) in [5, 5.41) is 2.89. The maximum Gasteiger partial charge on any atom is 0.228 e. The van der Waals surface area contributed by atoms with E-state index in [0.29, 0.717) is 5.56 Å². The Balaban J connectivity index is 1.98. The number of carbonyl (C=O) groups excluding carboxylic acids is 2. The second-order valence-corrected chi connectivity index (χ2v) is 5.33. The number of hydrogen-bond donors (Lipinski definition) is 1. The molecular formula is C13H15NO2S. The molecule has 0 saturated carbocycles. The van der Waals surface area contributed by atoms with Crippen molar-refractivity contribution in [2.75, 3.05) is 16.8 Å². The average Bonchev–Trinajstić information content (AvgIpc) is 2.83. The standard InChI is InChI=1S/C13H15NO2S/c1-9(15)10-2-4-12(5-3-10)14-13(16)11-6-7-17-8-11/h2-5,11H,6-8H2,1H3,(H,14,16). The van der Waals surface area contributed by atoms with Gasteiger partial charge >= 0.3 is 0 Å². The van der Waals surface area contributed by atoms with Crippen molar-refractivity contribution in [1.82, 2.24) is 0 Å². The van der Waals surface area contributed by atoms with E-state index in [1.54, 1.807) is 24.3 Å². The van der Waals surface area contributed by atoms with Crippen LogP contribution in [-0.4, -0.2) is 23.2 Å². The maximum atomic E-state index is 11.8. The molecule has 1 aliphatic rings. The lowest BCUT2D eigenvalue weighted by Crippen LogP contribution is -2.22. The van der Waals surface area contributed by atoms with E-state index >= 15 is 0 Å². The summed E-state index contributed by atoms with van der Waals surface area (Å²) in [6.07, 6.45) is 0.960. The summed E-state index contributed by atoms with van der Waals surface area (Å²) in [5.74, 6) is 2.24. The van der Waals surface area contributed by atoms with Gasteiger partial charge in [-0.05, 0) is 43.4 Å². The van der Waals surface area contributed by atoms with Crippen LogP contribution in [0.2, 0.25) is 0 Å². The van der Waals surface area contributed by atoms with Crippen molar-refractivity contribution >= 4 is 29.1 Å². The zero-order valence-electron chi connectivity index (χ0n) is 9.73. The molecule has 1 atom stereocenters. The second kappa shape index (κ2) is 5.36. The zero-order chi connectivity index (χ0) is 12.3. The predicted octanol–water partition coefficient (Wildman–Crippen LogP) is 2.58. The van der Waals surface area contributed by atoms with Crippen molar-refractivity contribution in [3.8, 4) is 0 Å². The van der Waals surface area contributed by atoms with Crippen molar-refractivity contribution in [2.45, 2.75) is 13.3 Å². The normalized spacial score (nSPS) is 19.0. The van der Waals surface area contributed by atoms with E-state index < -0.39 is 0 Å². The summed E-state index contributed by atoms with van der Waals surface area (Å²) in [6, 6.07) is 7.02. The third kappa shape index (κ3) is 3.09. The Hall–Kier alpha value is -1.29. The first-order valence-electron chi connectivity index (χ1n) is 5.66. The molecule has 0 radical (unpaired) electrons. The molecule has 4 heteroatoms. The summed E-state index contributed by atoms with van der Waals surface area (Å²) >= 11 is 1.82. The highest BCUT2D eigenvalue weighted by atomic mass is 32.2. The summed E-state index contributed by atoms with van der Waals surface area (Å²) < 4.78 is 0. The molecule has 1 fully saturated rings. The van der Waals surface area contributed by atoms with Crippen LogP contribution in [0.1, 0.15) is 23.7 Å². The monoisotopic (exact) mass is 249 g/mol. The number of thioether (sulfide) groups is 1. The highest BCUT2D eigenvalue weighted by Crippen LogP contribution is 2.24. The molecule has 0 spiro atoms. The van der Waals surface area contributed by atoms with Crippen LogP contribution in [0.3, 0.4) is 0 Å². The largest absolute Gasteiger partial charge is 0.326 e. The van der Waals surface area contributed by atoms with Gasteiger partial charge in [-0.25, -0.2) is 0 Å². The quantitative estimate of drug-likeness (QED) is 0.837. The molecule has 0 aliphatic carbocycles. The van der Waals surface area contributed by atoms with Crippen LogP contribution in [0.5, 0.6) is 0 Å². The number of carbonyl (C=O) groups is 2. The van der Waals surface area contributed by atoms with Gasteiger partial charge in [0.05, 0.1) is 0 Å². The first-order chi connectivity index (χ1) is 8.16. The second-order valence-electron chi connectivity index (χ2n) is 4.18. The van der Waals surface area contributed by atoms with Gasteiger partial charge in [-0.1, -0.05) is 0 Å². The summed E-state index contributed by atoms with van der Waals surface area (Å²) in [5.41, 5.74) is 1.43. The van der Waals surface area contributed by atoms with Crippen molar-refractivity contribution in [2.24, 2.45) is 5.92 Å². The minimum absolute atomic E-state index is 0.0371. The smallest absolute Gasteiger partial charge is 0.228 e. The molecule has 17 heavy (non-hydrogen) atoms. The maximum absolute atomic E-state index is 11.8. The molecule has 0 bridgehead atoms. The van der Waals surface area contributed by atoms with E-state index in [2.05, 4.69) is 5.32 Å². The number of Topliss-reactive ketones (excluding diaryl/α,β-unsaturated/α-hetero) is 1. The number of hydrogen-bond acceptors (Lipinski definition) is 3. The van der Waals surface area contributed by atoms with Crippen LogP contribution in [0.25, 0.3) is 0 Å². The van der Waals surface area contributed by atoms with E-state index in [1.807, 2.05) is 11.8 Å². The SMILES string of the molecule is CC(=O)c1ccc(NC(=O)C2CCSC2)cc1. The third-order valence-corrected chi connectivity index (χ3v) is 4.02. The Morgan fingerprint density at radius 1 is 1.29 bits per heavy atom. The number of nitrogens with one attached hydrogen (secondary N) is 1. The Bertz CT molecular complexity index is 422. The van der Waals surface area contributed by atoms with E-state index in [9.17, 15) is 9.59 Å². The third-order valence-electron chi connectivity index (χ3n) is 2.86. The minimum Gasteiger partial charge on any atom is -0.326 e.